The number of aromatic nitrogens is 5. The van der Waals surface area contributed by atoms with Crippen molar-refractivity contribution in [2.45, 2.75) is 25.9 Å². The molecular weight excluding hydrogens is 421 g/mol. The van der Waals surface area contributed by atoms with Gasteiger partial charge < -0.3 is 9.32 Å². The first kappa shape index (κ1) is 20.4. The molecule has 0 atom stereocenters. The number of nitrogens with zero attached hydrogens (tertiary/aromatic N) is 6. The molecule has 0 amide bonds. The molecule has 1 aliphatic heterocycles. The van der Waals surface area contributed by atoms with Gasteiger partial charge in [-0.25, -0.2) is 9.07 Å². The van der Waals surface area contributed by atoms with Crippen molar-refractivity contribution < 1.29 is 17.6 Å². The van der Waals surface area contributed by atoms with Crippen LogP contribution >= 0.6 is 0 Å². The van der Waals surface area contributed by atoms with Gasteiger partial charge in [-0.2, -0.15) is 8.78 Å². The number of hydrogen-bond acceptors (Lipinski definition) is 6. The number of rotatable bonds is 5. The van der Waals surface area contributed by atoms with E-state index >= 15 is 0 Å². The van der Waals surface area contributed by atoms with Crippen molar-refractivity contribution in [2.24, 2.45) is 0 Å². The Morgan fingerprint density at radius 3 is 2.66 bits per heavy atom. The lowest BCUT2D eigenvalue weighted by atomic mass is 9.97. The van der Waals surface area contributed by atoms with E-state index in [1.54, 1.807) is 16.9 Å². The summed E-state index contributed by atoms with van der Waals surface area (Å²) >= 11 is 0. The summed E-state index contributed by atoms with van der Waals surface area (Å²) in [5, 5.41) is 15.2. The van der Waals surface area contributed by atoms with Crippen molar-refractivity contribution in [3.63, 3.8) is 0 Å². The molecule has 7 nitrogen and oxygen atoms in total. The summed E-state index contributed by atoms with van der Waals surface area (Å²) in [6.45, 7) is 2.11. The molecule has 0 saturated carbocycles. The summed E-state index contributed by atoms with van der Waals surface area (Å²) in [6, 6.07) is 10.5. The zero-order chi connectivity index (χ0) is 22.2. The Kier molecular flexibility index (Phi) is 5.22. The number of alkyl halides is 2. The summed E-state index contributed by atoms with van der Waals surface area (Å²) < 4.78 is 46.3. The molecule has 1 aliphatic rings. The highest BCUT2D eigenvalue weighted by Gasteiger charge is 2.18. The van der Waals surface area contributed by atoms with Crippen LogP contribution in [0.15, 0.2) is 47.0 Å². The third kappa shape index (κ3) is 4.01. The summed E-state index contributed by atoms with van der Waals surface area (Å²) in [7, 11) is 2.10. The highest BCUT2D eigenvalue weighted by atomic mass is 19.3. The predicted octanol–water partition coefficient (Wildman–Crippen LogP) is 4.11. The van der Waals surface area contributed by atoms with Gasteiger partial charge >= 0.3 is 6.43 Å². The van der Waals surface area contributed by atoms with Gasteiger partial charge in [-0.3, -0.25) is 0 Å². The molecule has 0 radical (unpaired) electrons. The monoisotopic (exact) mass is 440 g/mol. The first-order chi connectivity index (χ1) is 15.5. The quantitative estimate of drug-likeness (QED) is 0.465. The van der Waals surface area contributed by atoms with E-state index in [0.717, 1.165) is 25.1 Å². The van der Waals surface area contributed by atoms with Crippen LogP contribution < -0.4 is 0 Å². The highest BCUT2D eigenvalue weighted by molar-refractivity contribution is 5.60. The van der Waals surface area contributed by atoms with Gasteiger partial charge in [0, 0.05) is 29.8 Å². The minimum absolute atomic E-state index is 0.160. The third-order valence-corrected chi connectivity index (χ3v) is 5.50. The molecule has 164 valence electrons. The molecule has 0 aliphatic carbocycles. The van der Waals surface area contributed by atoms with E-state index in [0.29, 0.717) is 11.3 Å². The van der Waals surface area contributed by atoms with Crippen LogP contribution in [0.3, 0.4) is 0 Å². The van der Waals surface area contributed by atoms with E-state index in [1.807, 2.05) is 6.07 Å². The lowest BCUT2D eigenvalue weighted by molar-refractivity contribution is 0.116. The van der Waals surface area contributed by atoms with Crippen molar-refractivity contribution in [1.82, 2.24) is 30.1 Å². The second-order valence-electron chi connectivity index (χ2n) is 7.82. The SMILES string of the molecule is CN1CCc2ccc(-c3cn(Cc4ccc(-c5nnc(C(F)F)o5)cc4F)nn3)cc2C1. The predicted molar refractivity (Wildman–Crippen MR) is 109 cm³/mol. The average molecular weight is 440 g/mol. The normalized spacial score (nSPS) is 14.2. The lowest BCUT2D eigenvalue weighted by Crippen LogP contribution is -2.26. The molecule has 4 aromatic rings. The summed E-state index contributed by atoms with van der Waals surface area (Å²) in [5.41, 5.74) is 4.90. The van der Waals surface area contributed by atoms with Crippen LogP contribution in [0.5, 0.6) is 0 Å². The first-order valence-corrected chi connectivity index (χ1v) is 10.1. The Morgan fingerprint density at radius 1 is 1.03 bits per heavy atom. The molecule has 0 unspecified atom stereocenters. The largest absolute Gasteiger partial charge is 0.415 e. The lowest BCUT2D eigenvalue weighted by Gasteiger charge is -2.25. The highest BCUT2D eigenvalue weighted by Crippen LogP contribution is 2.26. The number of fused-ring (bicyclic) bond motifs is 1. The maximum absolute atomic E-state index is 14.6. The molecule has 0 saturated heterocycles. The van der Waals surface area contributed by atoms with Crippen LogP contribution in [0.2, 0.25) is 0 Å². The maximum Gasteiger partial charge on any atom is 0.314 e. The number of hydrogen-bond donors (Lipinski definition) is 0. The number of likely N-dealkylation sites (N-methyl/N-ethyl adjacent to an activating group) is 1. The minimum Gasteiger partial charge on any atom is -0.415 e. The molecule has 10 heteroatoms. The van der Waals surface area contributed by atoms with E-state index in [-0.39, 0.29) is 18.0 Å². The van der Waals surface area contributed by atoms with Gasteiger partial charge in [0.2, 0.25) is 5.89 Å². The Morgan fingerprint density at radius 2 is 1.88 bits per heavy atom. The fourth-order valence-corrected chi connectivity index (χ4v) is 3.79. The summed E-state index contributed by atoms with van der Waals surface area (Å²) in [4.78, 5) is 2.28. The molecule has 3 heterocycles. The maximum atomic E-state index is 14.6. The van der Waals surface area contributed by atoms with Crippen LogP contribution in [-0.4, -0.2) is 43.7 Å². The zero-order valence-electron chi connectivity index (χ0n) is 17.2. The number of halogens is 3. The molecule has 0 spiro atoms. The Hall–Kier alpha value is -3.53. The zero-order valence-corrected chi connectivity index (χ0v) is 17.2. The molecule has 32 heavy (non-hydrogen) atoms. The van der Waals surface area contributed by atoms with Crippen LogP contribution in [0, 0.1) is 5.82 Å². The van der Waals surface area contributed by atoms with Crippen molar-refractivity contribution in [2.75, 3.05) is 13.6 Å². The molecule has 5 rings (SSSR count). The Balaban J connectivity index is 1.34. The molecule has 0 N–H and O–H groups in total. The van der Waals surface area contributed by atoms with Gasteiger partial charge in [0.05, 0.1) is 12.7 Å². The number of benzene rings is 2. The van der Waals surface area contributed by atoms with Gasteiger partial charge in [0.15, 0.2) is 0 Å². The standard InChI is InChI=1S/C22H19F3N6O/c1-30-7-6-13-2-3-14(8-17(13)10-30)19-12-31(29-26-19)11-16-5-4-15(9-18(16)23)21-27-28-22(32-21)20(24)25/h2-5,8-9,12,20H,6-7,10-11H2,1H3. The van der Waals surface area contributed by atoms with Crippen molar-refractivity contribution in [1.29, 1.82) is 0 Å². The first-order valence-electron chi connectivity index (χ1n) is 10.1. The van der Waals surface area contributed by atoms with Crippen LogP contribution in [0.4, 0.5) is 13.2 Å². The summed E-state index contributed by atoms with van der Waals surface area (Å²) in [6.07, 6.45) is -0.0757. The van der Waals surface area contributed by atoms with Crippen molar-refractivity contribution in [3.8, 4) is 22.7 Å². The smallest absolute Gasteiger partial charge is 0.314 e. The van der Waals surface area contributed by atoms with Crippen molar-refractivity contribution >= 4 is 0 Å². The van der Waals surface area contributed by atoms with Crippen molar-refractivity contribution in [3.05, 3.63) is 71.0 Å². The van der Waals surface area contributed by atoms with E-state index in [4.69, 9.17) is 4.42 Å². The Bertz CT molecular complexity index is 1270. The summed E-state index contributed by atoms with van der Waals surface area (Å²) in [5.74, 6) is -1.49. The fraction of sp³-hybridized carbons (Fsp3) is 0.273. The van der Waals surface area contributed by atoms with Crippen LogP contribution in [0.1, 0.15) is 29.0 Å². The third-order valence-electron chi connectivity index (χ3n) is 5.50. The molecule has 0 fully saturated rings. The van der Waals surface area contributed by atoms with Gasteiger partial charge in [-0.1, -0.05) is 23.4 Å². The molecule has 2 aromatic carbocycles. The second kappa shape index (κ2) is 8.19. The van der Waals surface area contributed by atoms with Gasteiger partial charge in [-0.15, -0.1) is 15.3 Å². The molecule has 2 aromatic heterocycles. The van der Waals surface area contributed by atoms with E-state index in [1.165, 1.54) is 23.3 Å². The minimum atomic E-state index is -2.88. The van der Waals surface area contributed by atoms with Crippen LogP contribution in [-0.2, 0) is 19.5 Å². The van der Waals surface area contributed by atoms with Crippen LogP contribution in [0.25, 0.3) is 22.7 Å². The fourth-order valence-electron chi connectivity index (χ4n) is 3.79. The average Bonchev–Trinajstić information content (AvgIpc) is 3.45. The van der Waals surface area contributed by atoms with Gasteiger partial charge in [0.1, 0.15) is 11.5 Å². The van der Waals surface area contributed by atoms with Gasteiger partial charge in [0.25, 0.3) is 5.89 Å². The van der Waals surface area contributed by atoms with E-state index in [2.05, 4.69) is 44.6 Å². The van der Waals surface area contributed by atoms with Gasteiger partial charge in [-0.05, 0) is 42.8 Å². The van der Waals surface area contributed by atoms with E-state index in [9.17, 15) is 13.2 Å². The molecular formula is C22H19F3N6O. The Labute approximate surface area is 181 Å². The van der Waals surface area contributed by atoms with E-state index < -0.39 is 18.1 Å². The second-order valence-corrected chi connectivity index (χ2v) is 7.82. The molecule has 0 bridgehead atoms. The topological polar surface area (TPSA) is 72.9 Å².